The summed E-state index contributed by atoms with van der Waals surface area (Å²) in [5.41, 5.74) is 0. The van der Waals surface area contributed by atoms with Crippen LogP contribution in [0.1, 0.15) is 40.5 Å². The van der Waals surface area contributed by atoms with Gasteiger partial charge in [0.15, 0.2) is 0 Å². The Kier molecular flexibility index (Phi) is 6.67. The molecule has 0 aliphatic rings. The fourth-order valence-electron chi connectivity index (χ4n) is 0.414. The van der Waals surface area contributed by atoms with E-state index < -0.39 is 0 Å². The van der Waals surface area contributed by atoms with Crippen molar-refractivity contribution in [2.45, 2.75) is 52.7 Å². The Bertz CT molecular complexity index is 78.2. The first-order chi connectivity index (χ1) is 5.20. The zero-order chi connectivity index (χ0) is 8.69. The molecule has 11 heavy (non-hydrogen) atoms. The van der Waals surface area contributed by atoms with E-state index in [-0.39, 0.29) is 12.2 Å². The average Bonchev–Trinajstić information content (AvgIpc) is 2.04. The Morgan fingerprint density at radius 2 is 1.36 bits per heavy atom. The van der Waals surface area contributed by atoms with Crippen molar-refractivity contribution in [3.63, 3.8) is 0 Å². The summed E-state index contributed by atoms with van der Waals surface area (Å²) in [6, 6.07) is 0. The van der Waals surface area contributed by atoms with Crippen LogP contribution in [-0.4, -0.2) is 19.9 Å². The van der Waals surface area contributed by atoms with E-state index >= 15 is 0 Å². The fourth-order valence-corrected chi connectivity index (χ4v) is 0.414. The first-order valence-corrected chi connectivity index (χ1v) is 4.33. The topological polar surface area (TPSA) is 18.5 Å². The minimum absolute atomic E-state index is 0.263. The van der Waals surface area contributed by atoms with E-state index in [4.69, 9.17) is 9.31 Å². The van der Waals surface area contributed by atoms with Crippen molar-refractivity contribution < 1.29 is 9.31 Å². The highest BCUT2D eigenvalue weighted by molar-refractivity contribution is 6.18. The smallest absolute Gasteiger partial charge is 0.411 e. The standard InChI is InChI=1S/C8H18BO2/c1-5-7(3)10-9-11-8(4)6-2/h7-8H,5-6H2,1-4H3. The molecule has 0 spiro atoms. The van der Waals surface area contributed by atoms with Gasteiger partial charge in [-0.3, -0.25) is 0 Å². The van der Waals surface area contributed by atoms with Crippen LogP contribution in [-0.2, 0) is 9.31 Å². The monoisotopic (exact) mass is 157 g/mol. The van der Waals surface area contributed by atoms with Gasteiger partial charge in [0, 0.05) is 12.2 Å². The lowest BCUT2D eigenvalue weighted by Gasteiger charge is -2.12. The van der Waals surface area contributed by atoms with Gasteiger partial charge in [-0.1, -0.05) is 13.8 Å². The summed E-state index contributed by atoms with van der Waals surface area (Å²) in [6.45, 7) is 8.22. The maximum atomic E-state index is 5.22. The average molecular weight is 157 g/mol. The molecule has 0 heterocycles. The second kappa shape index (κ2) is 6.68. The molecule has 0 aromatic carbocycles. The maximum Gasteiger partial charge on any atom is 0.488 e. The quantitative estimate of drug-likeness (QED) is 0.550. The van der Waals surface area contributed by atoms with Crippen molar-refractivity contribution in [3.8, 4) is 0 Å². The second-order valence-electron chi connectivity index (χ2n) is 2.81. The molecule has 0 rings (SSSR count). The third-order valence-electron chi connectivity index (χ3n) is 1.73. The van der Waals surface area contributed by atoms with Crippen molar-refractivity contribution in [1.82, 2.24) is 0 Å². The summed E-state index contributed by atoms with van der Waals surface area (Å²) in [5.74, 6) is 0. The number of rotatable bonds is 6. The fraction of sp³-hybridized carbons (Fsp3) is 1.00. The molecule has 2 atom stereocenters. The molecule has 0 amide bonds. The Labute approximate surface area is 70.6 Å². The van der Waals surface area contributed by atoms with Gasteiger partial charge in [0.05, 0.1) is 0 Å². The molecule has 0 fully saturated rings. The van der Waals surface area contributed by atoms with Gasteiger partial charge in [0.2, 0.25) is 0 Å². The van der Waals surface area contributed by atoms with Crippen LogP contribution in [0.15, 0.2) is 0 Å². The zero-order valence-corrected chi connectivity index (χ0v) is 7.96. The van der Waals surface area contributed by atoms with Crippen LogP contribution in [0.4, 0.5) is 0 Å². The number of hydrogen-bond acceptors (Lipinski definition) is 2. The Hall–Kier alpha value is -0.0151. The third-order valence-corrected chi connectivity index (χ3v) is 1.73. The predicted octanol–water partition coefficient (Wildman–Crippen LogP) is 2.15. The van der Waals surface area contributed by atoms with Crippen LogP contribution in [0.5, 0.6) is 0 Å². The molecule has 0 aliphatic carbocycles. The Morgan fingerprint density at radius 1 is 1.00 bits per heavy atom. The van der Waals surface area contributed by atoms with Crippen molar-refractivity contribution in [3.05, 3.63) is 0 Å². The summed E-state index contributed by atoms with van der Waals surface area (Å²) < 4.78 is 10.4. The van der Waals surface area contributed by atoms with Crippen LogP contribution in [0.25, 0.3) is 0 Å². The molecule has 0 aromatic heterocycles. The SMILES string of the molecule is CCC(C)O[B]OC(C)CC. The van der Waals surface area contributed by atoms with Crippen molar-refractivity contribution in [1.29, 1.82) is 0 Å². The highest BCUT2D eigenvalue weighted by atomic mass is 16.6. The lowest BCUT2D eigenvalue weighted by Crippen LogP contribution is -2.17. The molecule has 2 nitrogen and oxygen atoms in total. The molecule has 65 valence electrons. The molecule has 0 bridgehead atoms. The lowest BCUT2D eigenvalue weighted by molar-refractivity contribution is 0.131. The molecule has 0 N–H and O–H groups in total. The van der Waals surface area contributed by atoms with E-state index in [9.17, 15) is 0 Å². The van der Waals surface area contributed by atoms with Gasteiger partial charge >= 0.3 is 7.69 Å². The van der Waals surface area contributed by atoms with Crippen LogP contribution in [0.3, 0.4) is 0 Å². The molecule has 0 aliphatic heterocycles. The van der Waals surface area contributed by atoms with Crippen LogP contribution >= 0.6 is 0 Å². The van der Waals surface area contributed by atoms with Crippen molar-refractivity contribution in [2.75, 3.05) is 0 Å². The Morgan fingerprint density at radius 3 is 1.64 bits per heavy atom. The summed E-state index contributed by atoms with van der Waals surface area (Å²) >= 11 is 0. The predicted molar refractivity (Wildman–Crippen MR) is 47.4 cm³/mol. The molecule has 3 heteroatoms. The molecule has 0 saturated heterocycles. The van der Waals surface area contributed by atoms with E-state index in [0.29, 0.717) is 0 Å². The van der Waals surface area contributed by atoms with Gasteiger partial charge in [-0.25, -0.2) is 0 Å². The normalized spacial score (nSPS) is 16.0. The largest absolute Gasteiger partial charge is 0.488 e. The first kappa shape index (κ1) is 11.0. The molecule has 2 unspecified atom stereocenters. The molecular weight excluding hydrogens is 139 g/mol. The molecule has 0 aromatic rings. The number of hydrogen-bond donors (Lipinski definition) is 0. The van der Waals surface area contributed by atoms with E-state index in [1.54, 1.807) is 0 Å². The lowest BCUT2D eigenvalue weighted by atomic mass is 10.2. The van der Waals surface area contributed by atoms with Crippen LogP contribution < -0.4 is 0 Å². The van der Waals surface area contributed by atoms with Gasteiger partial charge in [-0.05, 0) is 26.7 Å². The summed E-state index contributed by atoms with van der Waals surface area (Å²) in [7, 11) is 1.46. The summed E-state index contributed by atoms with van der Waals surface area (Å²) in [6.07, 6.45) is 2.55. The maximum absolute atomic E-state index is 5.22. The third kappa shape index (κ3) is 6.39. The van der Waals surface area contributed by atoms with E-state index in [2.05, 4.69) is 13.8 Å². The highest BCUT2D eigenvalue weighted by Gasteiger charge is 2.04. The highest BCUT2D eigenvalue weighted by Crippen LogP contribution is 1.98. The van der Waals surface area contributed by atoms with Crippen molar-refractivity contribution in [2.24, 2.45) is 0 Å². The Balaban J connectivity index is 3.13. The van der Waals surface area contributed by atoms with E-state index in [1.165, 1.54) is 7.69 Å². The molecule has 0 saturated carbocycles. The first-order valence-electron chi connectivity index (χ1n) is 4.33. The van der Waals surface area contributed by atoms with E-state index in [0.717, 1.165) is 12.8 Å². The minimum atomic E-state index is 0.263. The zero-order valence-electron chi connectivity index (χ0n) is 7.96. The van der Waals surface area contributed by atoms with Gasteiger partial charge in [-0.2, -0.15) is 0 Å². The second-order valence-corrected chi connectivity index (χ2v) is 2.81. The summed E-state index contributed by atoms with van der Waals surface area (Å²) in [5, 5.41) is 0. The van der Waals surface area contributed by atoms with Crippen LogP contribution in [0.2, 0.25) is 0 Å². The van der Waals surface area contributed by atoms with E-state index in [1.807, 2.05) is 13.8 Å². The van der Waals surface area contributed by atoms with Crippen LogP contribution in [0, 0.1) is 0 Å². The van der Waals surface area contributed by atoms with Gasteiger partial charge < -0.3 is 9.31 Å². The molecular formula is C8H18BO2. The van der Waals surface area contributed by atoms with Gasteiger partial charge in [0.25, 0.3) is 0 Å². The minimum Gasteiger partial charge on any atom is -0.411 e. The van der Waals surface area contributed by atoms with Crippen molar-refractivity contribution >= 4 is 7.69 Å². The summed E-state index contributed by atoms with van der Waals surface area (Å²) in [4.78, 5) is 0. The van der Waals surface area contributed by atoms with Gasteiger partial charge in [0.1, 0.15) is 0 Å². The molecule has 1 radical (unpaired) electrons. The van der Waals surface area contributed by atoms with Gasteiger partial charge in [-0.15, -0.1) is 0 Å².